The van der Waals surface area contributed by atoms with Crippen LogP contribution < -0.4 is 10.1 Å². The maximum Gasteiger partial charge on any atom is 0.220 e. The van der Waals surface area contributed by atoms with Crippen molar-refractivity contribution >= 4 is 5.91 Å². The van der Waals surface area contributed by atoms with E-state index in [0.717, 1.165) is 49.4 Å². The molecule has 1 amide bonds. The van der Waals surface area contributed by atoms with Gasteiger partial charge in [-0.1, -0.05) is 45.0 Å². The zero-order valence-corrected chi connectivity index (χ0v) is 18.9. The monoisotopic (exact) mass is 419 g/mol. The third-order valence-corrected chi connectivity index (χ3v) is 5.42. The molecule has 1 atom stereocenters. The second-order valence-electron chi connectivity index (χ2n) is 9.51. The Morgan fingerprint density at radius 2 is 1.77 bits per heavy atom. The van der Waals surface area contributed by atoms with Crippen LogP contribution in [0.3, 0.4) is 0 Å². The van der Waals surface area contributed by atoms with Crippen LogP contribution in [0.2, 0.25) is 0 Å². The van der Waals surface area contributed by atoms with Gasteiger partial charge in [-0.25, -0.2) is 0 Å². The normalized spacial score (nSPS) is 16.6. The molecule has 1 saturated heterocycles. The van der Waals surface area contributed by atoms with E-state index in [-0.39, 0.29) is 17.4 Å². The Bertz CT molecular complexity index is 892. The van der Waals surface area contributed by atoms with E-state index in [9.17, 15) is 4.79 Å². The molecule has 1 fully saturated rings. The van der Waals surface area contributed by atoms with Crippen LogP contribution in [0.4, 0.5) is 0 Å². The van der Waals surface area contributed by atoms with Gasteiger partial charge in [0.25, 0.3) is 0 Å². The van der Waals surface area contributed by atoms with Gasteiger partial charge in [-0.15, -0.1) is 0 Å². The Labute approximate surface area is 186 Å². The molecule has 1 aliphatic heterocycles. The van der Waals surface area contributed by atoms with Crippen molar-refractivity contribution in [2.24, 2.45) is 5.41 Å². The minimum Gasteiger partial charge on any atom is -0.494 e. The number of nitriles is 1. The van der Waals surface area contributed by atoms with Crippen LogP contribution in [0.15, 0.2) is 48.5 Å². The summed E-state index contributed by atoms with van der Waals surface area (Å²) in [6.45, 7) is 9.88. The molecule has 2 aromatic carbocycles. The molecule has 3 rings (SSSR count). The number of rotatable bonds is 8. The molecule has 0 saturated carbocycles. The first-order valence-electron chi connectivity index (χ1n) is 11.1. The SMILES string of the molecule is CC(C)(C)CC(=O)N[C@@H]1CCN(CCCOc2ccc(-c3ccc(C#N)cc3)cc2)C1. The van der Waals surface area contributed by atoms with E-state index in [1.54, 1.807) is 0 Å². The molecular formula is C26H33N3O2. The second kappa shape index (κ2) is 10.5. The topological polar surface area (TPSA) is 65.4 Å². The van der Waals surface area contributed by atoms with Crippen molar-refractivity contribution in [3.8, 4) is 22.9 Å². The number of nitrogens with one attached hydrogen (secondary N) is 1. The molecule has 0 spiro atoms. The highest BCUT2D eigenvalue weighted by Crippen LogP contribution is 2.23. The number of amides is 1. The first-order valence-corrected chi connectivity index (χ1v) is 11.1. The van der Waals surface area contributed by atoms with Gasteiger partial charge < -0.3 is 15.0 Å². The van der Waals surface area contributed by atoms with Gasteiger partial charge >= 0.3 is 0 Å². The highest BCUT2D eigenvalue weighted by molar-refractivity contribution is 5.76. The van der Waals surface area contributed by atoms with Crippen molar-refractivity contribution in [2.45, 2.75) is 46.1 Å². The molecule has 5 nitrogen and oxygen atoms in total. The minimum atomic E-state index is 0.0277. The van der Waals surface area contributed by atoms with Crippen LogP contribution in [0, 0.1) is 16.7 Å². The summed E-state index contributed by atoms with van der Waals surface area (Å²) in [6, 6.07) is 18.1. The van der Waals surface area contributed by atoms with E-state index in [0.29, 0.717) is 18.6 Å². The van der Waals surface area contributed by atoms with E-state index < -0.39 is 0 Å². The third kappa shape index (κ3) is 7.41. The number of carbonyl (C=O) groups is 1. The first kappa shape index (κ1) is 22.8. The number of hydrogen-bond donors (Lipinski definition) is 1. The Morgan fingerprint density at radius 1 is 1.13 bits per heavy atom. The molecule has 0 aromatic heterocycles. The molecule has 1 aliphatic rings. The fourth-order valence-corrected chi connectivity index (χ4v) is 3.87. The molecule has 0 radical (unpaired) electrons. The van der Waals surface area contributed by atoms with Gasteiger partial charge in [0.1, 0.15) is 5.75 Å². The lowest BCUT2D eigenvalue weighted by atomic mass is 9.92. The lowest BCUT2D eigenvalue weighted by molar-refractivity contribution is -0.123. The maximum absolute atomic E-state index is 12.1. The standard InChI is InChI=1S/C26H33N3O2/c1-26(2,3)17-25(30)28-23-13-15-29(19-23)14-4-16-31-24-11-9-22(10-12-24)21-7-5-20(18-27)6-8-21/h5-12,23H,4,13-17,19H2,1-3H3,(H,28,30)/t23-/m1/s1. The summed E-state index contributed by atoms with van der Waals surface area (Å²) >= 11 is 0. The highest BCUT2D eigenvalue weighted by Gasteiger charge is 2.25. The summed E-state index contributed by atoms with van der Waals surface area (Å²) in [7, 11) is 0. The van der Waals surface area contributed by atoms with E-state index in [2.05, 4.69) is 37.1 Å². The fraction of sp³-hybridized carbons (Fsp3) is 0.462. The third-order valence-electron chi connectivity index (χ3n) is 5.42. The number of carbonyl (C=O) groups excluding carboxylic acids is 1. The molecule has 5 heteroatoms. The predicted octanol–water partition coefficient (Wildman–Crippen LogP) is 4.62. The number of likely N-dealkylation sites (tertiary alicyclic amines) is 1. The lowest BCUT2D eigenvalue weighted by Crippen LogP contribution is -2.38. The van der Waals surface area contributed by atoms with Gasteiger partial charge in [0.15, 0.2) is 0 Å². The molecule has 0 unspecified atom stereocenters. The van der Waals surface area contributed by atoms with E-state index in [1.165, 1.54) is 0 Å². The van der Waals surface area contributed by atoms with Crippen LogP contribution in [-0.2, 0) is 4.79 Å². The van der Waals surface area contributed by atoms with Crippen LogP contribution in [0.25, 0.3) is 11.1 Å². The van der Waals surface area contributed by atoms with E-state index >= 15 is 0 Å². The molecular weight excluding hydrogens is 386 g/mol. The van der Waals surface area contributed by atoms with Gasteiger partial charge in [0, 0.05) is 32.1 Å². The summed E-state index contributed by atoms with van der Waals surface area (Å²) in [6.07, 6.45) is 2.55. The largest absolute Gasteiger partial charge is 0.494 e. The summed E-state index contributed by atoms with van der Waals surface area (Å²) in [5, 5.41) is 12.1. The van der Waals surface area contributed by atoms with Gasteiger partial charge in [-0.05, 0) is 53.6 Å². The van der Waals surface area contributed by atoms with Gasteiger partial charge in [-0.3, -0.25) is 4.79 Å². The molecule has 31 heavy (non-hydrogen) atoms. The Kier molecular flexibility index (Phi) is 7.70. The summed E-state index contributed by atoms with van der Waals surface area (Å²) in [5.41, 5.74) is 2.89. The second-order valence-corrected chi connectivity index (χ2v) is 9.51. The van der Waals surface area contributed by atoms with Crippen LogP contribution in [-0.4, -0.2) is 43.1 Å². The average molecular weight is 420 g/mol. The van der Waals surface area contributed by atoms with Crippen molar-refractivity contribution < 1.29 is 9.53 Å². The smallest absolute Gasteiger partial charge is 0.220 e. The Hall–Kier alpha value is -2.84. The van der Waals surface area contributed by atoms with E-state index in [4.69, 9.17) is 10.00 Å². The van der Waals surface area contributed by atoms with Crippen molar-refractivity contribution in [3.05, 3.63) is 54.1 Å². The van der Waals surface area contributed by atoms with Gasteiger partial charge in [0.05, 0.1) is 18.2 Å². The zero-order chi connectivity index (χ0) is 22.3. The summed E-state index contributed by atoms with van der Waals surface area (Å²) in [4.78, 5) is 14.5. The molecule has 1 heterocycles. The minimum absolute atomic E-state index is 0.0277. The predicted molar refractivity (Wildman–Crippen MR) is 124 cm³/mol. The summed E-state index contributed by atoms with van der Waals surface area (Å²) in [5.74, 6) is 1.03. The van der Waals surface area contributed by atoms with Crippen molar-refractivity contribution in [1.82, 2.24) is 10.2 Å². The Balaban J connectivity index is 1.35. The summed E-state index contributed by atoms with van der Waals surface area (Å²) < 4.78 is 5.90. The number of benzene rings is 2. The van der Waals surface area contributed by atoms with Crippen LogP contribution in [0.5, 0.6) is 5.75 Å². The first-order chi connectivity index (χ1) is 14.8. The van der Waals surface area contributed by atoms with E-state index in [1.807, 2.05) is 48.5 Å². The zero-order valence-electron chi connectivity index (χ0n) is 18.9. The Morgan fingerprint density at radius 3 is 2.39 bits per heavy atom. The average Bonchev–Trinajstić information content (AvgIpc) is 3.17. The molecule has 0 bridgehead atoms. The molecule has 164 valence electrons. The van der Waals surface area contributed by atoms with Crippen molar-refractivity contribution in [3.63, 3.8) is 0 Å². The molecule has 1 N–H and O–H groups in total. The van der Waals surface area contributed by atoms with Crippen LogP contribution in [0.1, 0.15) is 45.6 Å². The van der Waals surface area contributed by atoms with Crippen LogP contribution >= 0.6 is 0 Å². The lowest BCUT2D eigenvalue weighted by Gasteiger charge is -2.20. The molecule has 0 aliphatic carbocycles. The number of ether oxygens (including phenoxy) is 1. The fourth-order valence-electron chi connectivity index (χ4n) is 3.87. The van der Waals surface area contributed by atoms with Gasteiger partial charge in [0.2, 0.25) is 5.91 Å². The molecule has 2 aromatic rings. The number of hydrogen-bond acceptors (Lipinski definition) is 4. The number of nitrogens with zero attached hydrogens (tertiary/aromatic N) is 2. The highest BCUT2D eigenvalue weighted by atomic mass is 16.5. The quantitative estimate of drug-likeness (QED) is 0.634. The maximum atomic E-state index is 12.1. The van der Waals surface area contributed by atoms with Crippen molar-refractivity contribution in [2.75, 3.05) is 26.2 Å². The van der Waals surface area contributed by atoms with Crippen molar-refractivity contribution in [1.29, 1.82) is 5.26 Å². The van der Waals surface area contributed by atoms with Gasteiger partial charge in [-0.2, -0.15) is 5.26 Å².